The number of hydrogen-bond donors (Lipinski definition) is 1. The van der Waals surface area contributed by atoms with Gasteiger partial charge >= 0.3 is 167 Å². The van der Waals surface area contributed by atoms with Crippen LogP contribution in [0.15, 0.2) is 84.9 Å². The Labute approximate surface area is 166 Å². The van der Waals surface area contributed by atoms with Gasteiger partial charge in [-0.05, 0) is 0 Å². The Morgan fingerprint density at radius 2 is 1.00 bits per heavy atom. The third-order valence-electron chi connectivity index (χ3n) is 4.33. The molecule has 0 aliphatic heterocycles. The van der Waals surface area contributed by atoms with Crippen molar-refractivity contribution in [1.29, 1.82) is 0 Å². The van der Waals surface area contributed by atoms with Gasteiger partial charge in [0.1, 0.15) is 0 Å². The number of aliphatic hydroxyl groups excluding tert-OH is 1. The molecule has 1 nitrogen and oxygen atoms in total. The first-order chi connectivity index (χ1) is 12.8. The zero-order valence-corrected chi connectivity index (χ0v) is 17.8. The molecule has 0 saturated heterocycles. The molecule has 0 bridgehead atoms. The molecule has 0 amide bonds. The molecule has 0 heterocycles. The standard InChI is InChI=1S/C23H20OSe2/c24-21(15-25-22-11-9-17-5-1-3-7-19(17)13-22)16-26-23-12-10-18-6-2-4-8-20(18)14-23/h1-14,21,24H,15-16H2. The minimum absolute atomic E-state index is 0.201. The number of hydrogen-bond acceptors (Lipinski definition) is 1. The van der Waals surface area contributed by atoms with E-state index in [-0.39, 0.29) is 6.10 Å². The van der Waals surface area contributed by atoms with Crippen molar-refractivity contribution in [3.05, 3.63) is 84.9 Å². The van der Waals surface area contributed by atoms with E-state index in [4.69, 9.17) is 0 Å². The summed E-state index contributed by atoms with van der Waals surface area (Å²) >= 11 is 0.645. The van der Waals surface area contributed by atoms with Gasteiger partial charge in [-0.25, -0.2) is 0 Å². The Morgan fingerprint density at radius 3 is 1.46 bits per heavy atom. The van der Waals surface area contributed by atoms with Gasteiger partial charge in [-0.1, -0.05) is 0 Å². The summed E-state index contributed by atoms with van der Waals surface area (Å²) in [5, 5.41) is 17.4. The molecule has 4 rings (SSSR count). The quantitative estimate of drug-likeness (QED) is 0.428. The van der Waals surface area contributed by atoms with Crippen molar-refractivity contribution in [1.82, 2.24) is 0 Å². The Hall–Kier alpha value is -1.60. The van der Waals surface area contributed by atoms with Crippen LogP contribution in [-0.2, 0) is 0 Å². The van der Waals surface area contributed by atoms with Gasteiger partial charge < -0.3 is 0 Å². The summed E-state index contributed by atoms with van der Waals surface area (Å²) in [4.78, 5) is 0. The summed E-state index contributed by atoms with van der Waals surface area (Å²) < 4.78 is 2.74. The molecular formula is C23H20OSe2. The molecule has 1 N–H and O–H groups in total. The van der Waals surface area contributed by atoms with Crippen molar-refractivity contribution in [2.45, 2.75) is 16.7 Å². The van der Waals surface area contributed by atoms with Crippen molar-refractivity contribution >= 4 is 60.4 Å². The predicted octanol–water partition coefficient (Wildman–Crippen LogP) is 3.55. The average molecular weight is 470 g/mol. The van der Waals surface area contributed by atoms with Crippen molar-refractivity contribution in [2.75, 3.05) is 0 Å². The molecule has 0 aliphatic rings. The van der Waals surface area contributed by atoms with Gasteiger partial charge in [-0.2, -0.15) is 0 Å². The molecule has 0 aliphatic carbocycles. The molecule has 0 unspecified atom stereocenters. The molecular weight excluding hydrogens is 450 g/mol. The second-order valence-electron chi connectivity index (χ2n) is 6.29. The SMILES string of the molecule is OC(C[Se]c1ccc2ccccc2c1)C[Se]c1ccc2ccccc2c1. The maximum atomic E-state index is 10.4. The van der Waals surface area contributed by atoms with Crippen LogP contribution in [0.25, 0.3) is 21.5 Å². The van der Waals surface area contributed by atoms with E-state index in [2.05, 4.69) is 84.9 Å². The first-order valence-corrected chi connectivity index (χ1v) is 12.8. The molecule has 0 radical (unpaired) electrons. The summed E-state index contributed by atoms with van der Waals surface area (Å²) in [6.07, 6.45) is -0.201. The van der Waals surface area contributed by atoms with E-state index in [9.17, 15) is 5.11 Å². The zero-order chi connectivity index (χ0) is 17.8. The van der Waals surface area contributed by atoms with Crippen LogP contribution in [0, 0.1) is 0 Å². The number of fused-ring (bicyclic) bond motifs is 2. The predicted molar refractivity (Wildman–Crippen MR) is 114 cm³/mol. The van der Waals surface area contributed by atoms with Crippen LogP contribution in [0.5, 0.6) is 0 Å². The van der Waals surface area contributed by atoms with Crippen LogP contribution in [0.2, 0.25) is 10.6 Å². The van der Waals surface area contributed by atoms with Gasteiger partial charge in [0.05, 0.1) is 0 Å². The van der Waals surface area contributed by atoms with Crippen molar-refractivity contribution in [3.63, 3.8) is 0 Å². The molecule has 0 spiro atoms. The summed E-state index contributed by atoms with van der Waals surface area (Å²) in [5.74, 6) is 0. The van der Waals surface area contributed by atoms with Crippen molar-refractivity contribution in [2.24, 2.45) is 0 Å². The second kappa shape index (κ2) is 8.39. The normalized spacial score (nSPS) is 11.5. The van der Waals surface area contributed by atoms with Gasteiger partial charge in [0, 0.05) is 0 Å². The van der Waals surface area contributed by atoms with Crippen molar-refractivity contribution < 1.29 is 5.11 Å². The molecule has 0 aromatic heterocycles. The van der Waals surface area contributed by atoms with Gasteiger partial charge in [0.15, 0.2) is 0 Å². The van der Waals surface area contributed by atoms with Crippen LogP contribution >= 0.6 is 0 Å². The monoisotopic (exact) mass is 472 g/mol. The number of aliphatic hydroxyl groups is 1. The molecule has 0 atom stereocenters. The topological polar surface area (TPSA) is 20.2 Å². The first kappa shape index (κ1) is 17.8. The van der Waals surface area contributed by atoms with E-state index in [0.717, 1.165) is 10.6 Å². The summed E-state index contributed by atoms with van der Waals surface area (Å²) in [6.45, 7) is 0. The zero-order valence-electron chi connectivity index (χ0n) is 14.3. The van der Waals surface area contributed by atoms with E-state index < -0.39 is 0 Å². The average Bonchev–Trinajstić information content (AvgIpc) is 2.70. The first-order valence-electron chi connectivity index (χ1n) is 8.69. The minimum atomic E-state index is -0.201. The number of benzene rings is 4. The van der Waals surface area contributed by atoms with Crippen LogP contribution in [0.4, 0.5) is 0 Å². The van der Waals surface area contributed by atoms with E-state index >= 15 is 0 Å². The summed E-state index contributed by atoms with van der Waals surface area (Å²) in [6, 6.07) is 30.3. The van der Waals surface area contributed by atoms with E-state index in [1.54, 1.807) is 0 Å². The molecule has 4 aromatic carbocycles. The Kier molecular flexibility index (Phi) is 5.74. The molecule has 26 heavy (non-hydrogen) atoms. The summed E-state index contributed by atoms with van der Waals surface area (Å²) in [7, 11) is 0. The molecule has 3 heteroatoms. The Bertz CT molecular complexity index is 945. The molecule has 130 valence electrons. The molecule has 0 saturated carbocycles. The molecule has 0 fully saturated rings. The second-order valence-corrected chi connectivity index (χ2v) is 10.9. The van der Waals surface area contributed by atoms with Gasteiger partial charge in [0.25, 0.3) is 0 Å². The van der Waals surface area contributed by atoms with Crippen LogP contribution < -0.4 is 8.92 Å². The Morgan fingerprint density at radius 1 is 0.577 bits per heavy atom. The number of rotatable bonds is 6. The van der Waals surface area contributed by atoms with Crippen LogP contribution in [0.3, 0.4) is 0 Å². The maximum absolute atomic E-state index is 10.4. The van der Waals surface area contributed by atoms with Gasteiger partial charge in [-0.15, -0.1) is 0 Å². The van der Waals surface area contributed by atoms with E-state index in [0.29, 0.717) is 29.9 Å². The Balaban J connectivity index is 1.33. The van der Waals surface area contributed by atoms with Gasteiger partial charge in [-0.3, -0.25) is 0 Å². The fraction of sp³-hybridized carbons (Fsp3) is 0.130. The van der Waals surface area contributed by atoms with Crippen LogP contribution in [0.1, 0.15) is 0 Å². The molecule has 4 aromatic rings. The van der Waals surface area contributed by atoms with E-state index in [1.807, 2.05) is 0 Å². The fourth-order valence-electron chi connectivity index (χ4n) is 2.95. The summed E-state index contributed by atoms with van der Waals surface area (Å²) in [5.41, 5.74) is 0. The van der Waals surface area contributed by atoms with Crippen molar-refractivity contribution in [3.8, 4) is 0 Å². The van der Waals surface area contributed by atoms with Gasteiger partial charge in [0.2, 0.25) is 0 Å². The van der Waals surface area contributed by atoms with Crippen LogP contribution in [-0.4, -0.2) is 41.1 Å². The fourth-order valence-corrected chi connectivity index (χ4v) is 7.38. The van der Waals surface area contributed by atoms with E-state index in [1.165, 1.54) is 30.5 Å². The third-order valence-corrected chi connectivity index (χ3v) is 9.10. The third kappa shape index (κ3) is 4.38.